The summed E-state index contributed by atoms with van der Waals surface area (Å²) in [6, 6.07) is 87.3. The first-order valence-electron chi connectivity index (χ1n) is 25.9. The van der Waals surface area contributed by atoms with Crippen LogP contribution in [0, 0.1) is 19.3 Å². The number of nitrogens with zero attached hydrogens (tertiary/aromatic N) is 1. The summed E-state index contributed by atoms with van der Waals surface area (Å²) >= 11 is 0. The molecule has 0 fully saturated rings. The van der Waals surface area contributed by atoms with Gasteiger partial charge in [-0.05, 0) is 178 Å². The van der Waals surface area contributed by atoms with Crippen LogP contribution >= 0.6 is 0 Å². The fourth-order valence-electron chi connectivity index (χ4n) is 12.2. The van der Waals surface area contributed by atoms with E-state index in [9.17, 15) is 0 Å². The van der Waals surface area contributed by atoms with Crippen LogP contribution in [0.15, 0.2) is 237 Å². The first-order valence-corrected chi connectivity index (χ1v) is 25.9. The van der Waals surface area contributed by atoms with E-state index >= 15 is 0 Å². The van der Waals surface area contributed by atoms with Crippen LogP contribution in [0.25, 0.3) is 88.7 Å². The molecule has 0 bridgehead atoms. The van der Waals surface area contributed by atoms with Crippen molar-refractivity contribution in [3.63, 3.8) is 0 Å². The van der Waals surface area contributed by atoms with Crippen LogP contribution in [-0.2, 0) is 10.8 Å². The Morgan fingerprint density at radius 3 is 1.34 bits per heavy atom. The van der Waals surface area contributed by atoms with Crippen LogP contribution in [0.2, 0.25) is 0 Å². The SMILES string of the molecule is C#Cc1c(-c2ccc(-c3ccc(N(c4ccc5c(c4)C(C)(C)c4cc(-c6ccccc6)ccc4-5)c4ccc5c(c4)C(C)(C)c4cc(-c6ccc7ccccc7c6)ccc4-5)cc3)cc2)cccc1-c1ccccc1C. The number of hydrogen-bond donors (Lipinski definition) is 0. The molecule has 0 heterocycles. The third kappa shape index (κ3) is 7.32. The third-order valence-corrected chi connectivity index (χ3v) is 16.3. The fraction of sp³-hybridized carbons (Fsp3) is 0.0959. The lowest BCUT2D eigenvalue weighted by atomic mass is 9.81. The van der Waals surface area contributed by atoms with Gasteiger partial charge in [0.2, 0.25) is 0 Å². The molecule has 1 heteroatoms. The minimum absolute atomic E-state index is 0.208. The Labute approximate surface area is 436 Å². The van der Waals surface area contributed by atoms with Crippen molar-refractivity contribution >= 4 is 27.8 Å². The molecule has 1 nitrogen and oxygen atoms in total. The maximum Gasteiger partial charge on any atom is 0.0465 e. The van der Waals surface area contributed by atoms with Crippen molar-refractivity contribution < 1.29 is 0 Å². The Morgan fingerprint density at radius 1 is 0.311 bits per heavy atom. The van der Waals surface area contributed by atoms with Gasteiger partial charge < -0.3 is 4.90 Å². The van der Waals surface area contributed by atoms with Gasteiger partial charge in [0.1, 0.15) is 0 Å². The van der Waals surface area contributed by atoms with E-state index in [4.69, 9.17) is 6.42 Å². The number of rotatable bonds is 8. The van der Waals surface area contributed by atoms with Crippen molar-refractivity contribution in [3.8, 4) is 90.2 Å². The summed E-state index contributed by atoms with van der Waals surface area (Å²) in [5, 5.41) is 2.52. The van der Waals surface area contributed by atoms with Crippen molar-refractivity contribution in [2.45, 2.75) is 45.4 Å². The van der Waals surface area contributed by atoms with Gasteiger partial charge in [0.05, 0.1) is 0 Å². The molecule has 0 amide bonds. The van der Waals surface area contributed by atoms with Crippen molar-refractivity contribution in [2.24, 2.45) is 0 Å². The lowest BCUT2D eigenvalue weighted by Crippen LogP contribution is -2.18. The zero-order valence-electron chi connectivity index (χ0n) is 42.5. The van der Waals surface area contributed by atoms with Crippen molar-refractivity contribution in [1.29, 1.82) is 0 Å². The number of terminal acetylenes is 1. The first-order chi connectivity index (χ1) is 36.0. The molecule has 74 heavy (non-hydrogen) atoms. The molecule has 0 atom stereocenters. The maximum atomic E-state index is 6.25. The molecule has 0 N–H and O–H groups in total. The second-order valence-corrected chi connectivity index (χ2v) is 21.3. The van der Waals surface area contributed by atoms with Gasteiger partial charge in [-0.3, -0.25) is 0 Å². The highest BCUT2D eigenvalue weighted by Gasteiger charge is 2.38. The van der Waals surface area contributed by atoms with Crippen molar-refractivity contribution in [2.75, 3.05) is 4.90 Å². The van der Waals surface area contributed by atoms with E-state index < -0.39 is 0 Å². The second kappa shape index (κ2) is 17.4. The molecule has 2 aliphatic carbocycles. The third-order valence-electron chi connectivity index (χ3n) is 16.3. The van der Waals surface area contributed by atoms with Crippen molar-refractivity contribution in [3.05, 3.63) is 270 Å². The van der Waals surface area contributed by atoms with Crippen LogP contribution in [-0.4, -0.2) is 0 Å². The molecule has 11 aromatic carbocycles. The molecule has 13 rings (SSSR count). The van der Waals surface area contributed by atoms with E-state index in [1.807, 2.05) is 0 Å². The predicted molar refractivity (Wildman–Crippen MR) is 314 cm³/mol. The summed E-state index contributed by atoms with van der Waals surface area (Å²) in [7, 11) is 0. The van der Waals surface area contributed by atoms with Gasteiger partial charge in [-0.25, -0.2) is 0 Å². The number of fused-ring (bicyclic) bond motifs is 7. The van der Waals surface area contributed by atoms with Gasteiger partial charge in [0, 0.05) is 33.5 Å². The first kappa shape index (κ1) is 44.9. The Bertz CT molecular complexity index is 4070. The number of anilines is 3. The van der Waals surface area contributed by atoms with Gasteiger partial charge >= 0.3 is 0 Å². The fourth-order valence-corrected chi connectivity index (χ4v) is 12.2. The highest BCUT2D eigenvalue weighted by atomic mass is 15.1. The molecule has 0 aliphatic heterocycles. The molecule has 0 unspecified atom stereocenters. The topological polar surface area (TPSA) is 3.24 Å². The average Bonchev–Trinajstić information content (AvgIpc) is 3.82. The van der Waals surface area contributed by atoms with Crippen LogP contribution in [0.3, 0.4) is 0 Å². The lowest BCUT2D eigenvalue weighted by molar-refractivity contribution is 0.660. The van der Waals surface area contributed by atoms with Crippen LogP contribution in [0.5, 0.6) is 0 Å². The average molecular weight is 946 g/mol. The monoisotopic (exact) mass is 945 g/mol. The summed E-state index contributed by atoms with van der Waals surface area (Å²) in [6.07, 6.45) is 6.25. The van der Waals surface area contributed by atoms with Gasteiger partial charge in [-0.2, -0.15) is 0 Å². The Morgan fingerprint density at radius 2 is 0.730 bits per heavy atom. The second-order valence-electron chi connectivity index (χ2n) is 21.3. The summed E-state index contributed by atoms with van der Waals surface area (Å²) in [5.74, 6) is 3.04. The van der Waals surface area contributed by atoms with Gasteiger partial charge in [0.25, 0.3) is 0 Å². The normalized spacial score (nSPS) is 13.4. The molecule has 0 aromatic heterocycles. The molecule has 0 saturated carbocycles. The van der Waals surface area contributed by atoms with Gasteiger partial charge in [-0.15, -0.1) is 6.42 Å². The molecular weight excluding hydrogens is 891 g/mol. The number of aryl methyl sites for hydroxylation is 1. The number of hydrogen-bond acceptors (Lipinski definition) is 1. The maximum absolute atomic E-state index is 6.25. The van der Waals surface area contributed by atoms with Crippen molar-refractivity contribution in [1.82, 2.24) is 0 Å². The van der Waals surface area contributed by atoms with Crippen LogP contribution in [0.4, 0.5) is 17.1 Å². The smallest absolute Gasteiger partial charge is 0.0465 e. The predicted octanol–water partition coefficient (Wildman–Crippen LogP) is 19.5. The van der Waals surface area contributed by atoms with E-state index in [0.717, 1.165) is 50.4 Å². The summed E-state index contributed by atoms with van der Waals surface area (Å²) < 4.78 is 0. The molecule has 0 spiro atoms. The quantitative estimate of drug-likeness (QED) is 0.137. The lowest BCUT2D eigenvalue weighted by Gasteiger charge is -2.30. The molecule has 0 radical (unpaired) electrons. The summed E-state index contributed by atoms with van der Waals surface area (Å²) in [4.78, 5) is 2.46. The highest BCUT2D eigenvalue weighted by Crippen LogP contribution is 2.54. The Balaban J connectivity index is 0.881. The van der Waals surface area contributed by atoms with E-state index in [0.29, 0.717) is 0 Å². The highest BCUT2D eigenvalue weighted by molar-refractivity contribution is 5.92. The van der Waals surface area contributed by atoms with Gasteiger partial charge in [-0.1, -0.05) is 216 Å². The Hall–Kier alpha value is -8.96. The zero-order chi connectivity index (χ0) is 50.3. The molecule has 2 aliphatic rings. The van der Waals surface area contributed by atoms with Crippen LogP contribution < -0.4 is 4.90 Å². The van der Waals surface area contributed by atoms with Gasteiger partial charge in [0.15, 0.2) is 0 Å². The number of benzene rings is 11. The van der Waals surface area contributed by atoms with E-state index in [1.165, 1.54) is 88.7 Å². The van der Waals surface area contributed by atoms with E-state index in [2.05, 4.69) is 282 Å². The summed E-state index contributed by atoms with van der Waals surface area (Å²) in [6.45, 7) is 11.7. The summed E-state index contributed by atoms with van der Waals surface area (Å²) in [5.41, 5.74) is 27.4. The van der Waals surface area contributed by atoms with E-state index in [1.54, 1.807) is 0 Å². The Kier molecular flexibility index (Phi) is 10.5. The van der Waals surface area contributed by atoms with Crippen LogP contribution in [0.1, 0.15) is 61.1 Å². The molecular formula is C73H55N. The molecule has 11 aromatic rings. The standard InChI is InChI=1S/C73H55N/c1-7-60-62(22-15-23-63(60)61-21-14-11-16-47(61)2)52-27-24-50(25-28-52)51-30-34-57(35-31-51)74(58-36-40-66-64-38-32-55(48-17-9-8-10-18-48)43-68(64)72(3,4)70(66)45-58)59-37-41-67-65-39-33-56(44-69(65)73(5,6)71(67)46-59)54-29-26-49-19-12-13-20-53(49)42-54/h1,8-46H,2-6H3. The largest absolute Gasteiger partial charge is 0.310 e. The minimum Gasteiger partial charge on any atom is -0.310 e. The minimum atomic E-state index is -0.226. The zero-order valence-corrected chi connectivity index (χ0v) is 42.5. The molecule has 352 valence electrons. The molecule has 0 saturated heterocycles. The van der Waals surface area contributed by atoms with E-state index in [-0.39, 0.29) is 10.8 Å².